The molecule has 5 atom stereocenters. The number of carboxylic acids is 1. The predicted molar refractivity (Wildman–Crippen MR) is 96.3 cm³/mol. The monoisotopic (exact) mass is 342 g/mol. The van der Waals surface area contributed by atoms with Crippen LogP contribution < -0.4 is 10.6 Å². The van der Waals surface area contributed by atoms with Crippen molar-refractivity contribution in [1.82, 2.24) is 5.32 Å². The summed E-state index contributed by atoms with van der Waals surface area (Å²) in [4.78, 5) is 12.0. The number of aliphatic hydroxyl groups excluding tert-OH is 1. The maximum absolute atomic E-state index is 12.0. The van der Waals surface area contributed by atoms with Gasteiger partial charge in [0, 0.05) is 24.0 Å². The molecule has 1 aliphatic carbocycles. The number of para-hydroxylation sites is 1. The van der Waals surface area contributed by atoms with Crippen LogP contribution in [-0.2, 0) is 10.2 Å². The molecule has 0 radical (unpaired) electrons. The molecule has 2 aliphatic heterocycles. The molecule has 134 valence electrons. The van der Waals surface area contributed by atoms with Gasteiger partial charge >= 0.3 is 5.97 Å². The Balaban J connectivity index is 1.81. The molecule has 4 rings (SSSR count). The molecule has 2 heterocycles. The van der Waals surface area contributed by atoms with Crippen LogP contribution in [0.2, 0.25) is 0 Å². The van der Waals surface area contributed by atoms with Crippen LogP contribution in [0.5, 0.6) is 0 Å². The summed E-state index contributed by atoms with van der Waals surface area (Å²) in [5, 5.41) is 26.6. The zero-order chi connectivity index (χ0) is 17.6. The molecule has 25 heavy (non-hydrogen) atoms. The normalized spacial score (nSPS) is 33.7. The molecule has 1 aromatic carbocycles. The second kappa shape index (κ2) is 6.15. The van der Waals surface area contributed by atoms with E-state index in [0.29, 0.717) is 0 Å². The van der Waals surface area contributed by atoms with E-state index in [9.17, 15) is 15.0 Å². The molecule has 0 saturated carbocycles. The van der Waals surface area contributed by atoms with Crippen LogP contribution in [0.15, 0.2) is 36.0 Å². The summed E-state index contributed by atoms with van der Waals surface area (Å²) >= 11 is 0. The summed E-state index contributed by atoms with van der Waals surface area (Å²) in [5.74, 6) is -1.17. The topological polar surface area (TPSA) is 81.6 Å². The fourth-order valence-corrected chi connectivity index (χ4v) is 5.25. The number of anilines is 1. The van der Waals surface area contributed by atoms with Gasteiger partial charge in [0.25, 0.3) is 0 Å². The lowest BCUT2D eigenvalue weighted by Crippen LogP contribution is -2.53. The van der Waals surface area contributed by atoms with Crippen molar-refractivity contribution < 1.29 is 15.0 Å². The Morgan fingerprint density at radius 1 is 1.40 bits per heavy atom. The van der Waals surface area contributed by atoms with Gasteiger partial charge in [0.2, 0.25) is 0 Å². The fraction of sp³-hybridized carbons (Fsp3) is 0.550. The smallest absolute Gasteiger partial charge is 0.310 e. The van der Waals surface area contributed by atoms with Gasteiger partial charge in [0.05, 0.1) is 11.3 Å². The molecule has 5 nitrogen and oxygen atoms in total. The van der Waals surface area contributed by atoms with Gasteiger partial charge in [0.15, 0.2) is 0 Å². The molecule has 5 unspecified atom stereocenters. The number of hydrogen-bond donors (Lipinski definition) is 4. The number of aliphatic hydroxyl groups is 1. The molecule has 1 spiro atoms. The molecule has 5 heteroatoms. The first-order chi connectivity index (χ1) is 12.1. The third kappa shape index (κ3) is 2.33. The van der Waals surface area contributed by atoms with Crippen LogP contribution in [0.25, 0.3) is 0 Å². The number of carboxylic acid groups (broad SMARTS) is 1. The second-order valence-corrected chi connectivity index (χ2v) is 7.62. The van der Waals surface area contributed by atoms with Gasteiger partial charge in [-0.25, -0.2) is 0 Å². The molecule has 0 aromatic heterocycles. The third-order valence-corrected chi connectivity index (χ3v) is 6.53. The molecular formula is C20H26N2O3. The van der Waals surface area contributed by atoms with Gasteiger partial charge < -0.3 is 20.8 Å². The van der Waals surface area contributed by atoms with Crippen LogP contribution in [0.1, 0.15) is 31.7 Å². The lowest BCUT2D eigenvalue weighted by molar-refractivity contribution is -0.142. The van der Waals surface area contributed by atoms with E-state index in [-0.39, 0.29) is 29.9 Å². The highest BCUT2D eigenvalue weighted by Gasteiger charge is 2.58. The number of benzene rings is 1. The SMILES string of the molecule is CCC(CO)CC1C(C(=O)O)C=C2Nc3ccccc3C23CCNC13. The van der Waals surface area contributed by atoms with E-state index >= 15 is 0 Å². The lowest BCUT2D eigenvalue weighted by atomic mass is 9.61. The molecule has 3 aliphatic rings. The Kier molecular flexibility index (Phi) is 4.08. The Morgan fingerprint density at radius 3 is 2.92 bits per heavy atom. The zero-order valence-electron chi connectivity index (χ0n) is 14.5. The molecule has 1 saturated heterocycles. The van der Waals surface area contributed by atoms with Crippen molar-refractivity contribution in [3.63, 3.8) is 0 Å². The lowest BCUT2D eigenvalue weighted by Gasteiger charge is -2.44. The Bertz CT molecular complexity index is 713. The van der Waals surface area contributed by atoms with E-state index in [1.54, 1.807) is 0 Å². The van der Waals surface area contributed by atoms with E-state index in [4.69, 9.17) is 0 Å². The van der Waals surface area contributed by atoms with Crippen LogP contribution in [-0.4, -0.2) is 35.4 Å². The van der Waals surface area contributed by atoms with Crippen molar-refractivity contribution >= 4 is 11.7 Å². The number of aliphatic carboxylic acids is 1. The Morgan fingerprint density at radius 2 is 2.20 bits per heavy atom. The van der Waals surface area contributed by atoms with E-state index in [1.165, 1.54) is 5.56 Å². The highest BCUT2D eigenvalue weighted by atomic mass is 16.4. The molecule has 4 N–H and O–H groups in total. The first kappa shape index (κ1) is 16.6. The van der Waals surface area contributed by atoms with Crippen LogP contribution >= 0.6 is 0 Å². The summed E-state index contributed by atoms with van der Waals surface area (Å²) in [5.41, 5.74) is 3.27. The highest BCUT2D eigenvalue weighted by molar-refractivity contribution is 5.77. The minimum atomic E-state index is -0.773. The quantitative estimate of drug-likeness (QED) is 0.660. The molecule has 1 aromatic rings. The first-order valence-corrected chi connectivity index (χ1v) is 9.27. The van der Waals surface area contributed by atoms with Crippen molar-refractivity contribution in [2.45, 2.75) is 37.6 Å². The Labute approximate surface area is 148 Å². The maximum atomic E-state index is 12.0. The molecule has 0 amide bonds. The second-order valence-electron chi connectivity index (χ2n) is 7.62. The number of fused-ring (bicyclic) bond motifs is 1. The summed E-state index contributed by atoms with van der Waals surface area (Å²) in [6.45, 7) is 3.06. The van der Waals surface area contributed by atoms with Gasteiger partial charge in [-0.15, -0.1) is 0 Å². The molecular weight excluding hydrogens is 316 g/mol. The van der Waals surface area contributed by atoms with Gasteiger partial charge in [0.1, 0.15) is 0 Å². The van der Waals surface area contributed by atoms with Crippen molar-refractivity contribution in [2.75, 3.05) is 18.5 Å². The van der Waals surface area contributed by atoms with Gasteiger partial charge in [-0.05, 0) is 48.9 Å². The first-order valence-electron chi connectivity index (χ1n) is 9.27. The standard InChI is InChI=1S/C20H26N2O3/c1-2-12(11-23)9-13-14(19(24)25)10-17-20(7-8-21-18(13)20)15-5-3-4-6-16(15)22-17/h3-6,10,12-14,18,21-23H,2,7-9,11H2,1H3,(H,24,25). The summed E-state index contributed by atoms with van der Waals surface area (Å²) < 4.78 is 0. The minimum Gasteiger partial charge on any atom is -0.481 e. The van der Waals surface area contributed by atoms with Crippen LogP contribution in [0.4, 0.5) is 5.69 Å². The van der Waals surface area contributed by atoms with Gasteiger partial charge in [-0.2, -0.15) is 0 Å². The number of hydrogen-bond acceptors (Lipinski definition) is 4. The highest BCUT2D eigenvalue weighted by Crippen LogP contribution is 2.56. The van der Waals surface area contributed by atoms with E-state index < -0.39 is 11.9 Å². The van der Waals surface area contributed by atoms with Crippen molar-refractivity contribution in [1.29, 1.82) is 0 Å². The Hall–Kier alpha value is -1.85. The molecule has 1 fully saturated rings. The van der Waals surface area contributed by atoms with Crippen LogP contribution in [0, 0.1) is 17.8 Å². The summed E-state index contributed by atoms with van der Waals surface area (Å²) in [6.07, 6.45) is 4.52. The number of nitrogens with one attached hydrogen (secondary N) is 2. The number of carbonyl (C=O) groups is 1. The average molecular weight is 342 g/mol. The van der Waals surface area contributed by atoms with Crippen molar-refractivity contribution in [3.05, 3.63) is 41.6 Å². The third-order valence-electron chi connectivity index (χ3n) is 6.53. The predicted octanol–water partition coefficient (Wildman–Crippen LogP) is 2.33. The summed E-state index contributed by atoms with van der Waals surface area (Å²) in [7, 11) is 0. The van der Waals surface area contributed by atoms with Gasteiger partial charge in [-0.1, -0.05) is 31.5 Å². The van der Waals surface area contributed by atoms with Crippen molar-refractivity contribution in [3.8, 4) is 0 Å². The maximum Gasteiger partial charge on any atom is 0.310 e. The molecule has 0 bridgehead atoms. The fourth-order valence-electron chi connectivity index (χ4n) is 5.25. The largest absolute Gasteiger partial charge is 0.481 e. The zero-order valence-corrected chi connectivity index (χ0v) is 14.5. The van der Waals surface area contributed by atoms with Gasteiger partial charge in [-0.3, -0.25) is 4.79 Å². The minimum absolute atomic E-state index is 0.0196. The average Bonchev–Trinajstić information content (AvgIpc) is 3.19. The van der Waals surface area contributed by atoms with Crippen molar-refractivity contribution in [2.24, 2.45) is 17.8 Å². The number of rotatable bonds is 5. The summed E-state index contributed by atoms with van der Waals surface area (Å²) in [6, 6.07) is 8.42. The van der Waals surface area contributed by atoms with E-state index in [2.05, 4.69) is 35.8 Å². The van der Waals surface area contributed by atoms with E-state index in [0.717, 1.165) is 37.2 Å². The van der Waals surface area contributed by atoms with E-state index in [1.807, 2.05) is 12.1 Å². The van der Waals surface area contributed by atoms with Crippen LogP contribution in [0.3, 0.4) is 0 Å².